The van der Waals surface area contributed by atoms with E-state index in [0.717, 1.165) is 0 Å². The van der Waals surface area contributed by atoms with Gasteiger partial charge in [0.15, 0.2) is 0 Å². The van der Waals surface area contributed by atoms with Gasteiger partial charge in [0, 0.05) is 17.1 Å². The minimum atomic E-state index is -4.95. The van der Waals surface area contributed by atoms with Gasteiger partial charge in [0.2, 0.25) is 0 Å². The topological polar surface area (TPSA) is 0 Å². The van der Waals surface area contributed by atoms with E-state index in [2.05, 4.69) is 0 Å². The Bertz CT molecular complexity index is 11.6. The van der Waals surface area contributed by atoms with E-state index in [1.54, 1.807) is 0 Å². The summed E-state index contributed by atoms with van der Waals surface area (Å²) < 4.78 is 29.6. The fourth-order valence-corrected chi connectivity index (χ4v) is 0. The number of halogens is 3. The first-order valence-corrected chi connectivity index (χ1v) is 3.40. The Morgan fingerprint density at radius 1 is 1.00 bits per heavy atom. The van der Waals surface area contributed by atoms with Crippen molar-refractivity contribution in [2.24, 2.45) is 0 Å². The van der Waals surface area contributed by atoms with E-state index >= 15 is 0 Å². The van der Waals surface area contributed by atoms with Crippen molar-refractivity contribution in [1.82, 2.24) is 0 Å². The summed E-state index contributed by atoms with van der Waals surface area (Å²) in [6.45, 7) is 0. The molecule has 0 aromatic heterocycles. The van der Waals surface area contributed by atoms with Crippen LogP contribution in [-0.4, -0.2) is 22.0 Å². The molecule has 0 unspecified atom stereocenters. The third kappa shape index (κ3) is 39.4. The zero-order valence-corrected chi connectivity index (χ0v) is 5.38. The molecule has 0 aliphatic carbocycles. The molecule has 0 nitrogen and oxygen atoms in total. The molecule has 0 fully saturated rings. The normalized spacial score (nSPS) is 7.20. The van der Waals surface area contributed by atoms with Crippen molar-refractivity contribution in [1.29, 1.82) is 0 Å². The first-order chi connectivity index (χ1) is 1.73. The van der Waals surface area contributed by atoms with Gasteiger partial charge in [0.25, 0.3) is 0 Å². The van der Waals surface area contributed by atoms with Gasteiger partial charge in [0.05, 0.1) is 0 Å². The Kier molecular flexibility index (Phi) is 9.70. The van der Waals surface area contributed by atoms with Crippen molar-refractivity contribution in [2.75, 3.05) is 0 Å². The Morgan fingerprint density at radius 3 is 1.00 bits per heavy atom. The molecule has 0 aromatic rings. The van der Waals surface area contributed by atoms with Crippen molar-refractivity contribution < 1.29 is 25.5 Å². The van der Waals surface area contributed by atoms with Crippen LogP contribution in [0.25, 0.3) is 0 Å². The van der Waals surface area contributed by atoms with E-state index in [0.29, 0.717) is 0 Å². The minimum absolute atomic E-state index is 0. The van der Waals surface area contributed by atoms with Crippen molar-refractivity contribution in [3.63, 3.8) is 0 Å². The van der Waals surface area contributed by atoms with Crippen molar-refractivity contribution in [3.05, 3.63) is 0 Å². The van der Waals surface area contributed by atoms with Crippen LogP contribution in [0.5, 0.6) is 0 Å². The molecule has 5 heavy (non-hydrogen) atoms. The molecule has 0 spiro atoms. The van der Waals surface area contributed by atoms with E-state index < -0.39 is 22.0 Å². The summed E-state index contributed by atoms with van der Waals surface area (Å²) in [5, 5.41) is 0. The van der Waals surface area contributed by atoms with E-state index in [4.69, 9.17) is 0 Å². The molecule has 0 atom stereocenters. The summed E-state index contributed by atoms with van der Waals surface area (Å²) in [7, 11) is 0. The van der Waals surface area contributed by atoms with Gasteiger partial charge in [-0.05, 0) is 0 Å². The second-order valence-corrected chi connectivity index (χ2v) is 1.29. The van der Waals surface area contributed by atoms with Crippen molar-refractivity contribution in [2.45, 2.75) is 0 Å². The Morgan fingerprint density at radius 2 is 1.00 bits per heavy atom. The van der Waals surface area contributed by atoms with E-state index in [9.17, 15) is 8.44 Å². The average Bonchev–Trinajstić information content (AvgIpc) is 0.811. The number of hydrogen-bond donors (Lipinski definition) is 0. The molecular formula is CuF3Sb. The Hall–Kier alpha value is 1.13. The average molecular weight is 242 g/mol. The predicted octanol–water partition coefficient (Wildman–Crippen LogP) is 0.877. The van der Waals surface area contributed by atoms with Crippen LogP contribution in [0.4, 0.5) is 8.44 Å². The molecule has 0 N–H and O–H groups in total. The zero-order chi connectivity index (χ0) is 3.58. The molecule has 0 heterocycles. The fourth-order valence-electron chi connectivity index (χ4n) is 0. The third-order valence-electron chi connectivity index (χ3n) is 0. The third-order valence-corrected chi connectivity index (χ3v) is 0. The van der Waals surface area contributed by atoms with E-state index in [1.165, 1.54) is 0 Å². The monoisotopic (exact) mass is 241 g/mol. The Balaban J connectivity index is 0. The van der Waals surface area contributed by atoms with Crippen LogP contribution in [-0.2, 0) is 17.1 Å². The van der Waals surface area contributed by atoms with Crippen molar-refractivity contribution in [3.8, 4) is 0 Å². The number of rotatable bonds is 0. The molecule has 1 radical (unpaired) electrons. The molecule has 0 aromatic carbocycles. The molecule has 0 amide bonds. The van der Waals surface area contributed by atoms with Gasteiger partial charge in [-0.25, -0.2) is 0 Å². The fraction of sp³-hybridized carbons (Fsp3) is 0. The van der Waals surface area contributed by atoms with Gasteiger partial charge in [0.1, 0.15) is 0 Å². The summed E-state index contributed by atoms with van der Waals surface area (Å²) in [5.41, 5.74) is 0. The maximum absolute atomic E-state index is 9.85. The Labute approximate surface area is 47.6 Å². The zero-order valence-electron chi connectivity index (χ0n) is 1.88. The standard InChI is InChI=1S/Cu.3FH.Sb/h;3*1H;/q;;;;+3/p-3. The van der Waals surface area contributed by atoms with Crippen LogP contribution in [0.3, 0.4) is 0 Å². The van der Waals surface area contributed by atoms with Gasteiger partial charge in [-0.1, -0.05) is 0 Å². The molecular weight excluding hydrogens is 242 g/mol. The van der Waals surface area contributed by atoms with Gasteiger partial charge in [-0.3, -0.25) is 0 Å². The molecule has 0 saturated carbocycles. The molecule has 37 valence electrons. The number of hydrogen-bond acceptors (Lipinski definition) is 0. The molecule has 0 aliphatic rings. The van der Waals surface area contributed by atoms with E-state index in [1.807, 2.05) is 0 Å². The summed E-state index contributed by atoms with van der Waals surface area (Å²) in [4.78, 5) is 0. The van der Waals surface area contributed by atoms with Crippen LogP contribution in [0.2, 0.25) is 0 Å². The van der Waals surface area contributed by atoms with Crippen LogP contribution < -0.4 is 0 Å². The van der Waals surface area contributed by atoms with Gasteiger partial charge >= 0.3 is 30.4 Å². The second-order valence-electron chi connectivity index (χ2n) is 0.192. The molecule has 5 heteroatoms. The summed E-state index contributed by atoms with van der Waals surface area (Å²) in [6, 6.07) is 0. The maximum atomic E-state index is 9.85. The van der Waals surface area contributed by atoms with Crippen LogP contribution in [0.1, 0.15) is 0 Å². The van der Waals surface area contributed by atoms with Crippen LogP contribution >= 0.6 is 0 Å². The van der Waals surface area contributed by atoms with Gasteiger partial charge < -0.3 is 0 Å². The second kappa shape index (κ2) is 5.13. The SMILES string of the molecule is [Cu].[F][Sb]([F])[F]. The van der Waals surface area contributed by atoms with Crippen LogP contribution in [0.15, 0.2) is 0 Å². The van der Waals surface area contributed by atoms with E-state index in [-0.39, 0.29) is 17.1 Å². The van der Waals surface area contributed by atoms with Gasteiger partial charge in [-0.15, -0.1) is 0 Å². The van der Waals surface area contributed by atoms with Crippen LogP contribution in [0, 0.1) is 0 Å². The summed E-state index contributed by atoms with van der Waals surface area (Å²) >= 11 is -4.95. The first kappa shape index (κ1) is 9.46. The molecule has 0 bridgehead atoms. The molecule has 0 saturated heterocycles. The first-order valence-electron chi connectivity index (χ1n) is 0.507. The van der Waals surface area contributed by atoms with Gasteiger partial charge in [-0.2, -0.15) is 0 Å². The molecule has 0 aliphatic heterocycles. The molecule has 0 rings (SSSR count). The van der Waals surface area contributed by atoms with Crippen molar-refractivity contribution >= 4 is 22.0 Å². The quantitative estimate of drug-likeness (QED) is 0.553. The summed E-state index contributed by atoms with van der Waals surface area (Å²) in [5.74, 6) is 0. The predicted molar refractivity (Wildman–Crippen MR) is 9.08 cm³/mol. The summed E-state index contributed by atoms with van der Waals surface area (Å²) in [6.07, 6.45) is 0.